The molecule has 10 heteroatoms. The number of nitrogens with two attached hydrogens (primary N) is 1. The van der Waals surface area contributed by atoms with Gasteiger partial charge in [-0.15, -0.1) is 0 Å². The third-order valence-electron chi connectivity index (χ3n) is 7.37. The second kappa shape index (κ2) is 13.9. The lowest BCUT2D eigenvalue weighted by atomic mass is 10.1. The smallest absolute Gasteiger partial charge is 0.251 e. The Morgan fingerprint density at radius 1 is 1.05 bits per heavy atom. The number of nitrogens with zero attached hydrogens (tertiary/aromatic N) is 3. The number of morpholine rings is 1. The van der Waals surface area contributed by atoms with Gasteiger partial charge in [0.25, 0.3) is 5.91 Å². The van der Waals surface area contributed by atoms with Gasteiger partial charge >= 0.3 is 0 Å². The van der Waals surface area contributed by atoms with E-state index in [2.05, 4.69) is 30.5 Å². The number of nitrogens with one attached hydrogen (secondary N) is 4. The predicted molar refractivity (Wildman–Crippen MR) is 162 cm³/mol. The lowest BCUT2D eigenvalue weighted by Gasteiger charge is -2.26. The van der Waals surface area contributed by atoms with E-state index in [1.807, 2.05) is 48.5 Å². The van der Waals surface area contributed by atoms with Crippen LogP contribution in [0, 0.1) is 5.41 Å². The maximum atomic E-state index is 12.7. The van der Waals surface area contributed by atoms with Crippen molar-refractivity contribution in [1.29, 1.82) is 5.41 Å². The Bertz CT molecular complexity index is 1460. The number of amides is 1. The zero-order valence-corrected chi connectivity index (χ0v) is 23.3. The van der Waals surface area contributed by atoms with E-state index in [1.54, 1.807) is 12.4 Å². The van der Waals surface area contributed by atoms with E-state index in [-0.39, 0.29) is 11.7 Å². The Balaban J connectivity index is 1.06. The summed E-state index contributed by atoms with van der Waals surface area (Å²) in [7, 11) is 0. The van der Waals surface area contributed by atoms with E-state index in [4.69, 9.17) is 15.9 Å². The van der Waals surface area contributed by atoms with E-state index in [9.17, 15) is 4.79 Å². The molecule has 1 fully saturated rings. The molecule has 1 aliphatic rings. The standard InChI is InChI=1S/C31H38N8O2/c32-29(33)26-21-37-28-9-4-22(20-25(26)28)10-13-34-30(40)24-7-5-23(6-8-24)27-11-14-36-31(38-27)35-12-2-1-3-15-39-16-18-41-19-17-39/h4-9,11,14,20-21,37H,1-3,10,12-13,15-19H2,(H3,32,33)(H,34,40)(H,35,36,38). The average Bonchev–Trinajstić information content (AvgIpc) is 3.43. The lowest BCUT2D eigenvalue weighted by molar-refractivity contribution is 0.0371. The molecule has 0 unspecified atom stereocenters. The molecule has 41 heavy (non-hydrogen) atoms. The molecular formula is C31H38N8O2. The number of fused-ring (bicyclic) bond motifs is 1. The third-order valence-corrected chi connectivity index (χ3v) is 7.37. The Morgan fingerprint density at radius 2 is 1.88 bits per heavy atom. The van der Waals surface area contributed by atoms with Crippen LogP contribution in [-0.2, 0) is 11.2 Å². The summed E-state index contributed by atoms with van der Waals surface area (Å²) in [5.41, 5.74) is 10.7. The van der Waals surface area contributed by atoms with Gasteiger partial charge in [0.05, 0.1) is 18.9 Å². The average molecular weight is 555 g/mol. The van der Waals surface area contributed by atoms with Crippen LogP contribution in [0.3, 0.4) is 0 Å². The Labute approximate surface area is 240 Å². The van der Waals surface area contributed by atoms with Gasteiger partial charge in [-0.05, 0) is 61.7 Å². The first-order chi connectivity index (χ1) is 20.1. The minimum Gasteiger partial charge on any atom is -0.384 e. The predicted octanol–water partition coefficient (Wildman–Crippen LogP) is 3.80. The van der Waals surface area contributed by atoms with E-state index >= 15 is 0 Å². The molecule has 1 saturated heterocycles. The van der Waals surface area contributed by atoms with Gasteiger partial charge in [-0.25, -0.2) is 9.97 Å². The zero-order chi connectivity index (χ0) is 28.4. The molecule has 6 N–H and O–H groups in total. The highest BCUT2D eigenvalue weighted by atomic mass is 16.5. The van der Waals surface area contributed by atoms with Crippen LogP contribution in [0.2, 0.25) is 0 Å². The molecule has 1 amide bonds. The number of nitrogen functional groups attached to an aromatic ring is 1. The molecule has 0 atom stereocenters. The summed E-state index contributed by atoms with van der Waals surface area (Å²) in [6.45, 7) is 6.26. The quantitative estimate of drug-likeness (QED) is 0.0960. The highest BCUT2D eigenvalue weighted by molar-refractivity contribution is 6.07. The van der Waals surface area contributed by atoms with Crippen LogP contribution in [-0.4, -0.2) is 77.5 Å². The van der Waals surface area contributed by atoms with Crippen LogP contribution in [0.25, 0.3) is 22.2 Å². The number of carbonyl (C=O) groups is 1. The fourth-order valence-corrected chi connectivity index (χ4v) is 5.03. The number of aromatic amines is 1. The number of hydrogen-bond acceptors (Lipinski definition) is 7. The summed E-state index contributed by atoms with van der Waals surface area (Å²) < 4.78 is 5.40. The minimum absolute atomic E-state index is 0.0327. The number of rotatable bonds is 13. The number of unbranched alkanes of at least 4 members (excludes halogenated alkanes) is 2. The Kier molecular flexibility index (Phi) is 9.56. The topological polar surface area (TPSA) is 145 Å². The fraction of sp³-hybridized carbons (Fsp3) is 0.355. The molecule has 2 aromatic heterocycles. The molecule has 214 valence electrons. The number of anilines is 1. The number of aromatic nitrogens is 3. The molecule has 5 rings (SSSR count). The molecule has 0 aliphatic carbocycles. The van der Waals surface area contributed by atoms with E-state index in [0.717, 1.165) is 80.0 Å². The van der Waals surface area contributed by atoms with Gasteiger partial charge in [-0.2, -0.15) is 0 Å². The maximum absolute atomic E-state index is 12.7. The largest absolute Gasteiger partial charge is 0.384 e. The minimum atomic E-state index is -0.123. The molecule has 0 radical (unpaired) electrons. The Hall–Kier alpha value is -4.28. The number of benzene rings is 2. The summed E-state index contributed by atoms with van der Waals surface area (Å²) in [6.07, 6.45) is 7.60. The highest BCUT2D eigenvalue weighted by Crippen LogP contribution is 2.21. The molecular weight excluding hydrogens is 516 g/mol. The lowest BCUT2D eigenvalue weighted by Crippen LogP contribution is -2.36. The van der Waals surface area contributed by atoms with Crippen molar-refractivity contribution < 1.29 is 9.53 Å². The SMILES string of the molecule is N=C(N)c1c[nH]c2ccc(CCNC(=O)c3ccc(-c4ccnc(NCCCCCN5CCOCC5)n4)cc3)cc12. The molecule has 1 aliphatic heterocycles. The van der Waals surface area contributed by atoms with Gasteiger partial charge in [-0.1, -0.05) is 24.6 Å². The molecule has 0 saturated carbocycles. The highest BCUT2D eigenvalue weighted by Gasteiger charge is 2.11. The number of amidine groups is 1. The van der Waals surface area contributed by atoms with Crippen LogP contribution in [0.1, 0.15) is 40.7 Å². The summed E-state index contributed by atoms with van der Waals surface area (Å²) >= 11 is 0. The first-order valence-corrected chi connectivity index (χ1v) is 14.3. The number of H-pyrrole nitrogens is 1. The zero-order valence-electron chi connectivity index (χ0n) is 23.3. The first-order valence-electron chi connectivity index (χ1n) is 14.3. The summed E-state index contributed by atoms with van der Waals surface area (Å²) in [4.78, 5) is 27.3. The normalized spacial score (nSPS) is 13.8. The van der Waals surface area contributed by atoms with Gasteiger partial charge in [0.2, 0.25) is 5.95 Å². The molecule has 0 spiro atoms. The monoisotopic (exact) mass is 554 g/mol. The van der Waals surface area contributed by atoms with E-state index in [0.29, 0.717) is 30.0 Å². The van der Waals surface area contributed by atoms with Crippen LogP contribution >= 0.6 is 0 Å². The van der Waals surface area contributed by atoms with Crippen LogP contribution in [0.15, 0.2) is 60.9 Å². The molecule has 4 aromatic rings. The molecule has 10 nitrogen and oxygen atoms in total. The maximum Gasteiger partial charge on any atom is 0.251 e. The van der Waals surface area contributed by atoms with Crippen molar-refractivity contribution in [3.8, 4) is 11.3 Å². The second-order valence-electron chi connectivity index (χ2n) is 10.3. The summed E-state index contributed by atoms with van der Waals surface area (Å²) in [6, 6.07) is 15.3. The molecule has 0 bridgehead atoms. The summed E-state index contributed by atoms with van der Waals surface area (Å²) in [5.74, 6) is 0.526. The van der Waals surface area contributed by atoms with E-state index < -0.39 is 0 Å². The number of carbonyl (C=O) groups excluding carboxylic acids is 1. The van der Waals surface area contributed by atoms with Gasteiger partial charge in [-0.3, -0.25) is 15.1 Å². The van der Waals surface area contributed by atoms with E-state index in [1.165, 1.54) is 6.42 Å². The van der Waals surface area contributed by atoms with Gasteiger partial charge in [0.15, 0.2) is 0 Å². The number of ether oxygens (including phenoxy) is 1. The Morgan fingerprint density at radius 3 is 2.68 bits per heavy atom. The summed E-state index contributed by atoms with van der Waals surface area (Å²) in [5, 5.41) is 15.0. The van der Waals surface area contributed by atoms with Crippen LogP contribution in [0.4, 0.5) is 5.95 Å². The van der Waals surface area contributed by atoms with Crippen molar-refractivity contribution in [1.82, 2.24) is 25.2 Å². The van der Waals surface area contributed by atoms with Crippen molar-refractivity contribution in [2.75, 3.05) is 51.3 Å². The molecule has 3 heterocycles. The first kappa shape index (κ1) is 28.3. The fourth-order valence-electron chi connectivity index (χ4n) is 5.03. The number of hydrogen-bond donors (Lipinski definition) is 5. The van der Waals surface area contributed by atoms with Crippen molar-refractivity contribution in [2.45, 2.75) is 25.7 Å². The van der Waals surface area contributed by atoms with Crippen molar-refractivity contribution in [3.05, 3.63) is 77.6 Å². The van der Waals surface area contributed by atoms with Crippen LogP contribution < -0.4 is 16.4 Å². The van der Waals surface area contributed by atoms with Gasteiger partial charge in [0.1, 0.15) is 5.84 Å². The van der Waals surface area contributed by atoms with Gasteiger partial charge in [0, 0.05) is 66.2 Å². The third kappa shape index (κ3) is 7.68. The second-order valence-corrected chi connectivity index (χ2v) is 10.3. The molecule has 2 aromatic carbocycles. The van der Waals surface area contributed by atoms with Crippen molar-refractivity contribution in [2.24, 2.45) is 5.73 Å². The van der Waals surface area contributed by atoms with Crippen molar-refractivity contribution >= 4 is 28.6 Å². The van der Waals surface area contributed by atoms with Crippen LogP contribution in [0.5, 0.6) is 0 Å². The van der Waals surface area contributed by atoms with Crippen molar-refractivity contribution in [3.63, 3.8) is 0 Å². The van der Waals surface area contributed by atoms with Gasteiger partial charge < -0.3 is 26.1 Å².